The average Bonchev–Trinajstić information content (AvgIpc) is 2.49. The summed E-state index contributed by atoms with van der Waals surface area (Å²) in [5, 5.41) is 22.2. The molecule has 0 radical (unpaired) electrons. The molecule has 0 saturated heterocycles. The van der Waals surface area contributed by atoms with Crippen LogP contribution in [0.1, 0.15) is 13.8 Å². The van der Waals surface area contributed by atoms with Gasteiger partial charge in [0.05, 0.1) is 29.3 Å². The summed E-state index contributed by atoms with van der Waals surface area (Å²) in [4.78, 5) is 14.0. The number of aliphatic hydroxyl groups is 2. The standard InChI is InChI=1S/C15H22Cl2N2O3/c1-10(19(3)7-15(2,8-20)9-21)14(22)18-11-4-5-12(16)13(17)6-11/h4-6,10,20-21H,7-9H2,1-3H3,(H,18,22). The fourth-order valence-corrected chi connectivity index (χ4v) is 2.21. The molecular weight excluding hydrogens is 327 g/mol. The van der Waals surface area contributed by atoms with Gasteiger partial charge >= 0.3 is 0 Å². The predicted molar refractivity (Wildman–Crippen MR) is 89.5 cm³/mol. The molecule has 1 aromatic rings. The predicted octanol–water partition coefficient (Wildman–Crippen LogP) is 2.24. The molecule has 0 aromatic heterocycles. The normalized spacial score (nSPS) is 13.3. The van der Waals surface area contributed by atoms with Crippen LogP contribution in [0.15, 0.2) is 18.2 Å². The Kier molecular flexibility index (Phi) is 7.09. The number of nitrogens with zero attached hydrogens (tertiary/aromatic N) is 1. The molecule has 0 saturated carbocycles. The van der Waals surface area contributed by atoms with Gasteiger partial charge in [-0.1, -0.05) is 30.1 Å². The number of anilines is 1. The minimum Gasteiger partial charge on any atom is -0.396 e. The van der Waals surface area contributed by atoms with E-state index in [0.717, 1.165) is 0 Å². The second kappa shape index (κ2) is 8.13. The number of carbonyl (C=O) groups excluding carboxylic acids is 1. The van der Waals surface area contributed by atoms with Gasteiger partial charge in [-0.3, -0.25) is 9.69 Å². The first-order valence-electron chi connectivity index (χ1n) is 6.90. The molecule has 1 unspecified atom stereocenters. The van der Waals surface area contributed by atoms with E-state index in [1.54, 1.807) is 44.0 Å². The van der Waals surface area contributed by atoms with Crippen LogP contribution in [0.5, 0.6) is 0 Å². The van der Waals surface area contributed by atoms with Crippen molar-refractivity contribution in [2.45, 2.75) is 19.9 Å². The molecule has 1 aromatic carbocycles. The second-order valence-corrected chi connectivity index (χ2v) is 6.65. The van der Waals surface area contributed by atoms with Crippen molar-refractivity contribution in [3.63, 3.8) is 0 Å². The summed E-state index contributed by atoms with van der Waals surface area (Å²) < 4.78 is 0. The van der Waals surface area contributed by atoms with E-state index < -0.39 is 11.5 Å². The summed E-state index contributed by atoms with van der Waals surface area (Å²) in [6, 6.07) is 4.43. The monoisotopic (exact) mass is 348 g/mol. The van der Waals surface area contributed by atoms with Crippen LogP contribution < -0.4 is 5.32 Å². The molecule has 3 N–H and O–H groups in total. The molecule has 1 amide bonds. The molecule has 0 aliphatic carbocycles. The minimum atomic E-state index is -0.660. The summed E-state index contributed by atoms with van der Waals surface area (Å²) >= 11 is 11.7. The molecular formula is C15H22Cl2N2O3. The van der Waals surface area contributed by atoms with Crippen LogP contribution in [0.4, 0.5) is 5.69 Å². The summed E-state index contributed by atoms with van der Waals surface area (Å²) in [7, 11) is 1.77. The molecule has 1 rings (SSSR count). The third kappa shape index (κ3) is 5.11. The van der Waals surface area contributed by atoms with E-state index in [9.17, 15) is 15.0 Å². The Labute approximate surface area is 140 Å². The summed E-state index contributed by atoms with van der Waals surface area (Å²) in [6.45, 7) is 3.58. The van der Waals surface area contributed by atoms with Crippen molar-refractivity contribution in [2.24, 2.45) is 5.41 Å². The summed E-state index contributed by atoms with van der Waals surface area (Å²) in [5.41, 5.74) is -0.0981. The molecule has 124 valence electrons. The highest BCUT2D eigenvalue weighted by molar-refractivity contribution is 6.42. The lowest BCUT2D eigenvalue weighted by atomic mass is 9.92. The zero-order chi connectivity index (χ0) is 16.9. The van der Waals surface area contributed by atoms with Crippen LogP contribution in [-0.4, -0.2) is 53.9 Å². The van der Waals surface area contributed by atoms with Gasteiger partial charge in [0.1, 0.15) is 0 Å². The first-order chi connectivity index (χ1) is 10.2. The number of halogens is 2. The number of amides is 1. The van der Waals surface area contributed by atoms with Crippen molar-refractivity contribution in [2.75, 3.05) is 32.1 Å². The molecule has 7 heteroatoms. The highest BCUT2D eigenvalue weighted by Gasteiger charge is 2.28. The van der Waals surface area contributed by atoms with E-state index >= 15 is 0 Å². The maximum Gasteiger partial charge on any atom is 0.241 e. The first kappa shape index (κ1) is 19.2. The Balaban J connectivity index is 2.69. The highest BCUT2D eigenvalue weighted by atomic mass is 35.5. The fourth-order valence-electron chi connectivity index (χ4n) is 1.91. The fraction of sp³-hybridized carbons (Fsp3) is 0.533. The maximum absolute atomic E-state index is 12.3. The SMILES string of the molecule is CC(C(=O)Nc1ccc(Cl)c(Cl)c1)N(C)CC(C)(CO)CO. The van der Waals surface area contributed by atoms with Crippen LogP contribution in [-0.2, 0) is 4.79 Å². The lowest BCUT2D eigenvalue weighted by molar-refractivity contribution is -0.121. The Morgan fingerprint density at radius 3 is 2.41 bits per heavy atom. The molecule has 0 spiro atoms. The number of benzene rings is 1. The number of nitrogens with one attached hydrogen (secondary N) is 1. The number of rotatable bonds is 7. The van der Waals surface area contributed by atoms with Gasteiger partial charge in [-0.15, -0.1) is 0 Å². The van der Waals surface area contributed by atoms with Gasteiger partial charge in [-0.2, -0.15) is 0 Å². The van der Waals surface area contributed by atoms with Crippen LogP contribution in [0.2, 0.25) is 10.0 Å². The molecule has 0 fully saturated rings. The lowest BCUT2D eigenvalue weighted by Gasteiger charge is -2.33. The van der Waals surface area contributed by atoms with Crippen molar-refractivity contribution in [1.82, 2.24) is 4.90 Å². The smallest absolute Gasteiger partial charge is 0.241 e. The van der Waals surface area contributed by atoms with Crippen LogP contribution in [0.25, 0.3) is 0 Å². The van der Waals surface area contributed by atoms with Crippen molar-refractivity contribution in [3.05, 3.63) is 28.2 Å². The molecule has 0 heterocycles. The molecule has 22 heavy (non-hydrogen) atoms. The maximum atomic E-state index is 12.3. The summed E-state index contributed by atoms with van der Waals surface area (Å²) in [6.07, 6.45) is 0. The van der Waals surface area contributed by atoms with Gasteiger partial charge in [-0.05, 0) is 32.2 Å². The minimum absolute atomic E-state index is 0.158. The van der Waals surface area contributed by atoms with Gasteiger partial charge in [0, 0.05) is 17.6 Å². The Bertz CT molecular complexity index is 522. The van der Waals surface area contributed by atoms with Gasteiger partial charge < -0.3 is 15.5 Å². The van der Waals surface area contributed by atoms with E-state index in [-0.39, 0.29) is 19.1 Å². The van der Waals surface area contributed by atoms with Crippen molar-refractivity contribution >= 4 is 34.8 Å². The quantitative estimate of drug-likeness (QED) is 0.706. The molecule has 0 aliphatic rings. The third-order valence-electron chi connectivity index (χ3n) is 3.62. The van der Waals surface area contributed by atoms with Crippen LogP contribution >= 0.6 is 23.2 Å². The van der Waals surface area contributed by atoms with E-state index in [4.69, 9.17) is 23.2 Å². The number of hydrogen-bond donors (Lipinski definition) is 3. The average molecular weight is 349 g/mol. The van der Waals surface area contributed by atoms with E-state index in [1.165, 1.54) is 0 Å². The van der Waals surface area contributed by atoms with Crippen LogP contribution in [0.3, 0.4) is 0 Å². The van der Waals surface area contributed by atoms with Gasteiger partial charge in [0.15, 0.2) is 0 Å². The van der Waals surface area contributed by atoms with E-state index in [0.29, 0.717) is 22.3 Å². The zero-order valence-electron chi connectivity index (χ0n) is 12.9. The third-order valence-corrected chi connectivity index (χ3v) is 4.36. The first-order valence-corrected chi connectivity index (χ1v) is 7.66. The Morgan fingerprint density at radius 1 is 1.32 bits per heavy atom. The van der Waals surface area contributed by atoms with E-state index in [2.05, 4.69) is 5.32 Å². The van der Waals surface area contributed by atoms with Gasteiger partial charge in [0.2, 0.25) is 5.91 Å². The number of hydrogen-bond acceptors (Lipinski definition) is 4. The van der Waals surface area contributed by atoms with Crippen molar-refractivity contribution < 1.29 is 15.0 Å². The molecule has 0 bridgehead atoms. The van der Waals surface area contributed by atoms with Crippen LogP contribution in [0, 0.1) is 5.41 Å². The molecule has 0 aliphatic heterocycles. The lowest BCUT2D eigenvalue weighted by Crippen LogP contribution is -2.46. The number of aliphatic hydroxyl groups excluding tert-OH is 2. The summed E-state index contributed by atoms with van der Waals surface area (Å²) in [5.74, 6) is -0.209. The number of carbonyl (C=O) groups is 1. The van der Waals surface area contributed by atoms with Gasteiger partial charge in [0.25, 0.3) is 0 Å². The zero-order valence-corrected chi connectivity index (χ0v) is 14.4. The van der Waals surface area contributed by atoms with Crippen molar-refractivity contribution in [1.29, 1.82) is 0 Å². The number of likely N-dealkylation sites (N-methyl/N-ethyl adjacent to an activating group) is 1. The topological polar surface area (TPSA) is 72.8 Å². The Morgan fingerprint density at radius 2 is 1.91 bits per heavy atom. The second-order valence-electron chi connectivity index (χ2n) is 5.84. The molecule has 5 nitrogen and oxygen atoms in total. The Hall–Kier alpha value is -0.850. The highest BCUT2D eigenvalue weighted by Crippen LogP contribution is 2.25. The van der Waals surface area contributed by atoms with E-state index in [1.807, 2.05) is 0 Å². The molecule has 1 atom stereocenters. The largest absolute Gasteiger partial charge is 0.396 e. The van der Waals surface area contributed by atoms with Crippen molar-refractivity contribution in [3.8, 4) is 0 Å². The van der Waals surface area contributed by atoms with Gasteiger partial charge in [-0.25, -0.2) is 0 Å².